The van der Waals surface area contributed by atoms with Gasteiger partial charge in [-0.3, -0.25) is 4.79 Å². The second-order valence-corrected chi connectivity index (χ2v) is 7.71. The first-order valence-electron chi connectivity index (χ1n) is 8.36. The summed E-state index contributed by atoms with van der Waals surface area (Å²) in [6, 6.07) is 13.7. The maximum absolute atomic E-state index is 11.7. The van der Waals surface area contributed by atoms with Crippen LogP contribution in [0, 0.1) is 0 Å². The molecule has 132 valence electrons. The number of hydrogen-bond acceptors (Lipinski definition) is 4. The maximum atomic E-state index is 11.7. The van der Waals surface area contributed by atoms with E-state index < -0.39 is 0 Å². The zero-order valence-electron chi connectivity index (χ0n) is 14.0. The summed E-state index contributed by atoms with van der Waals surface area (Å²) in [5.74, 6) is 0.0282. The summed E-state index contributed by atoms with van der Waals surface area (Å²) < 4.78 is 0. The smallest absolute Gasteiger partial charge is 0.228 e. The van der Waals surface area contributed by atoms with E-state index in [0.717, 1.165) is 43.5 Å². The van der Waals surface area contributed by atoms with E-state index in [4.69, 9.17) is 11.6 Å². The highest BCUT2D eigenvalue weighted by Gasteiger charge is 2.21. The number of aromatic amines is 1. The molecule has 5 nitrogen and oxygen atoms in total. The average molecular weight is 393 g/mol. The Kier molecular flexibility index (Phi) is 3.88. The molecule has 7 heteroatoms. The van der Waals surface area contributed by atoms with E-state index in [1.54, 1.807) is 24.2 Å². The summed E-state index contributed by atoms with van der Waals surface area (Å²) in [5.41, 5.74) is 4.68. The monoisotopic (exact) mass is 392 g/mol. The van der Waals surface area contributed by atoms with Crippen LogP contribution in [0.25, 0.3) is 22.3 Å². The van der Waals surface area contributed by atoms with E-state index in [1.807, 2.05) is 36.4 Å². The Balaban J connectivity index is 1.65. The summed E-state index contributed by atoms with van der Waals surface area (Å²) in [4.78, 5) is 25.0. The summed E-state index contributed by atoms with van der Waals surface area (Å²) in [7, 11) is 0. The first-order valence-corrected chi connectivity index (χ1v) is 9.56. The second-order valence-electron chi connectivity index (χ2n) is 6.24. The summed E-state index contributed by atoms with van der Waals surface area (Å²) >= 11 is 7.52. The van der Waals surface area contributed by atoms with Crippen molar-refractivity contribution < 1.29 is 4.79 Å². The molecular formula is C20H13ClN4OS. The topological polar surface area (TPSA) is 70.7 Å². The van der Waals surface area contributed by atoms with Crippen LogP contribution in [0.2, 0.25) is 5.02 Å². The molecule has 0 aliphatic carbocycles. The van der Waals surface area contributed by atoms with Crippen molar-refractivity contribution >= 4 is 46.0 Å². The Labute approximate surface area is 164 Å². The van der Waals surface area contributed by atoms with Gasteiger partial charge in [0.15, 0.2) is 0 Å². The normalized spacial score (nSPS) is 13.0. The van der Waals surface area contributed by atoms with Crippen molar-refractivity contribution in [3.05, 3.63) is 65.4 Å². The van der Waals surface area contributed by atoms with Gasteiger partial charge in [0.05, 0.1) is 17.1 Å². The van der Waals surface area contributed by atoms with Crippen LogP contribution in [0.5, 0.6) is 0 Å². The summed E-state index contributed by atoms with van der Waals surface area (Å²) in [6.45, 7) is 0. The SMILES string of the molecule is O=C1Cc2cc(-c3[nH]c4ncccc4c3Sc3ccc(Cl)cn3)ccc2N1. The number of rotatable bonds is 3. The molecule has 5 rings (SSSR count). The van der Waals surface area contributed by atoms with Crippen molar-refractivity contribution in [1.82, 2.24) is 15.0 Å². The van der Waals surface area contributed by atoms with Crippen LogP contribution in [0.1, 0.15) is 5.56 Å². The van der Waals surface area contributed by atoms with Crippen molar-refractivity contribution in [3.63, 3.8) is 0 Å². The lowest BCUT2D eigenvalue weighted by molar-refractivity contribution is -0.115. The third-order valence-corrected chi connectivity index (χ3v) is 5.75. The number of amides is 1. The molecular weight excluding hydrogens is 380 g/mol. The number of hydrogen-bond donors (Lipinski definition) is 2. The van der Waals surface area contributed by atoms with Gasteiger partial charge >= 0.3 is 0 Å². The highest BCUT2D eigenvalue weighted by molar-refractivity contribution is 7.99. The van der Waals surface area contributed by atoms with E-state index >= 15 is 0 Å². The number of carbonyl (C=O) groups excluding carboxylic acids is 1. The third-order valence-electron chi connectivity index (χ3n) is 4.45. The Morgan fingerprint density at radius 3 is 2.89 bits per heavy atom. The molecule has 0 saturated heterocycles. The maximum Gasteiger partial charge on any atom is 0.228 e. The predicted molar refractivity (Wildman–Crippen MR) is 107 cm³/mol. The fourth-order valence-corrected chi connectivity index (χ4v) is 4.33. The number of H-pyrrole nitrogens is 1. The largest absolute Gasteiger partial charge is 0.338 e. The Hall–Kier alpha value is -2.83. The van der Waals surface area contributed by atoms with Crippen molar-refractivity contribution in [2.24, 2.45) is 0 Å². The van der Waals surface area contributed by atoms with E-state index in [2.05, 4.69) is 26.3 Å². The first kappa shape index (κ1) is 16.4. The van der Waals surface area contributed by atoms with Crippen molar-refractivity contribution in [2.45, 2.75) is 16.3 Å². The zero-order valence-corrected chi connectivity index (χ0v) is 15.6. The second kappa shape index (κ2) is 6.40. The van der Waals surface area contributed by atoms with Gasteiger partial charge in [-0.05, 0) is 47.5 Å². The number of anilines is 1. The van der Waals surface area contributed by atoms with Gasteiger partial charge in [0.2, 0.25) is 5.91 Å². The molecule has 0 fully saturated rings. The van der Waals surface area contributed by atoms with Gasteiger partial charge in [0.1, 0.15) is 10.7 Å². The van der Waals surface area contributed by atoms with Gasteiger partial charge in [0, 0.05) is 28.4 Å². The molecule has 0 bridgehead atoms. The number of aromatic nitrogens is 3. The fraction of sp³-hybridized carbons (Fsp3) is 0.0500. The van der Waals surface area contributed by atoms with Crippen molar-refractivity contribution in [1.29, 1.82) is 0 Å². The van der Waals surface area contributed by atoms with Crippen LogP contribution in [0.4, 0.5) is 5.69 Å². The molecule has 0 unspecified atom stereocenters. The van der Waals surface area contributed by atoms with Gasteiger partial charge < -0.3 is 10.3 Å². The molecule has 27 heavy (non-hydrogen) atoms. The lowest BCUT2D eigenvalue weighted by Crippen LogP contribution is -2.03. The predicted octanol–water partition coefficient (Wildman–Crippen LogP) is 4.92. The molecule has 0 spiro atoms. The van der Waals surface area contributed by atoms with Crippen LogP contribution < -0.4 is 5.32 Å². The number of pyridine rings is 2. The standard InChI is InChI=1S/C20H13ClN4OS/c21-13-4-6-17(23-10-13)27-19-14-2-1-7-22-20(14)25-18(19)11-3-5-15-12(8-11)9-16(26)24-15/h1-8,10H,9H2,(H,22,25)(H,24,26). The van der Waals surface area contributed by atoms with Crippen LogP contribution in [0.15, 0.2) is 64.8 Å². The van der Waals surface area contributed by atoms with E-state index in [1.165, 1.54) is 0 Å². The lowest BCUT2D eigenvalue weighted by Gasteiger charge is -2.07. The number of halogens is 1. The first-order chi connectivity index (χ1) is 13.2. The van der Waals surface area contributed by atoms with Crippen LogP contribution in [0.3, 0.4) is 0 Å². The van der Waals surface area contributed by atoms with Crippen LogP contribution in [-0.2, 0) is 11.2 Å². The van der Waals surface area contributed by atoms with Gasteiger partial charge in [-0.25, -0.2) is 9.97 Å². The van der Waals surface area contributed by atoms with Gasteiger partial charge in [0.25, 0.3) is 0 Å². The molecule has 3 aromatic heterocycles. The third kappa shape index (κ3) is 2.97. The fourth-order valence-electron chi connectivity index (χ4n) is 3.22. The number of nitrogens with one attached hydrogen (secondary N) is 2. The highest BCUT2D eigenvalue weighted by atomic mass is 35.5. The Morgan fingerprint density at radius 1 is 1.11 bits per heavy atom. The van der Waals surface area contributed by atoms with Gasteiger partial charge in [-0.1, -0.05) is 29.4 Å². The van der Waals surface area contributed by atoms with Gasteiger partial charge in [-0.2, -0.15) is 0 Å². The summed E-state index contributed by atoms with van der Waals surface area (Å²) in [6.07, 6.45) is 3.81. The minimum atomic E-state index is 0.0282. The molecule has 0 atom stereocenters. The van der Waals surface area contributed by atoms with E-state index in [9.17, 15) is 4.79 Å². The number of nitrogens with zero attached hydrogens (tertiary/aromatic N) is 2. The van der Waals surface area contributed by atoms with E-state index in [-0.39, 0.29) is 5.91 Å². The highest BCUT2D eigenvalue weighted by Crippen LogP contribution is 2.41. The zero-order chi connectivity index (χ0) is 18.4. The number of fused-ring (bicyclic) bond motifs is 2. The molecule has 1 aliphatic heterocycles. The molecule has 0 saturated carbocycles. The van der Waals surface area contributed by atoms with Gasteiger partial charge in [-0.15, -0.1) is 0 Å². The average Bonchev–Trinajstić information content (AvgIpc) is 3.22. The number of carbonyl (C=O) groups is 1. The Morgan fingerprint density at radius 2 is 2.04 bits per heavy atom. The molecule has 0 radical (unpaired) electrons. The molecule has 4 heterocycles. The molecule has 1 aromatic carbocycles. The molecule has 2 N–H and O–H groups in total. The Bertz CT molecular complexity index is 1190. The van der Waals surface area contributed by atoms with E-state index in [0.29, 0.717) is 11.4 Å². The van der Waals surface area contributed by atoms with Crippen molar-refractivity contribution in [3.8, 4) is 11.3 Å². The minimum absolute atomic E-state index is 0.0282. The summed E-state index contributed by atoms with van der Waals surface area (Å²) in [5, 5.41) is 5.36. The molecule has 1 aliphatic rings. The number of benzene rings is 1. The van der Waals surface area contributed by atoms with Crippen molar-refractivity contribution in [2.75, 3.05) is 5.32 Å². The minimum Gasteiger partial charge on any atom is -0.338 e. The molecule has 1 amide bonds. The quantitative estimate of drug-likeness (QED) is 0.519. The van der Waals surface area contributed by atoms with Crippen LogP contribution >= 0.6 is 23.4 Å². The lowest BCUT2D eigenvalue weighted by atomic mass is 10.1. The van der Waals surface area contributed by atoms with Crippen LogP contribution in [-0.4, -0.2) is 20.9 Å². The molecule has 4 aromatic rings.